The fourth-order valence-corrected chi connectivity index (χ4v) is 5.71. The molecular formula is C33H32N4O5S2. The van der Waals surface area contributed by atoms with Crippen molar-refractivity contribution in [3.63, 3.8) is 0 Å². The second-order valence-corrected chi connectivity index (χ2v) is 11.5. The van der Waals surface area contributed by atoms with Gasteiger partial charge in [0.05, 0.1) is 24.0 Å². The third kappa shape index (κ3) is 9.65. The fourth-order valence-electron chi connectivity index (χ4n) is 3.98. The zero-order chi connectivity index (χ0) is 31.3. The molecule has 9 nitrogen and oxygen atoms in total. The first-order valence-corrected chi connectivity index (χ1v) is 15.7. The van der Waals surface area contributed by atoms with E-state index < -0.39 is 17.1 Å². The number of hydrogen-bond acceptors (Lipinski definition) is 8. The zero-order valence-corrected chi connectivity index (χ0v) is 25.9. The molecule has 1 atom stereocenters. The van der Waals surface area contributed by atoms with Gasteiger partial charge in [0, 0.05) is 21.5 Å². The monoisotopic (exact) mass is 628 g/mol. The van der Waals surface area contributed by atoms with Gasteiger partial charge in [-0.3, -0.25) is 19.2 Å². The van der Waals surface area contributed by atoms with Crippen LogP contribution in [0.3, 0.4) is 0 Å². The lowest BCUT2D eigenvalue weighted by molar-refractivity contribution is -0.142. The van der Waals surface area contributed by atoms with Crippen LogP contribution in [0, 0.1) is 0 Å². The van der Waals surface area contributed by atoms with Crippen molar-refractivity contribution in [3.8, 4) is 0 Å². The number of amides is 3. The summed E-state index contributed by atoms with van der Waals surface area (Å²) in [6.45, 7) is 3.94. The molecule has 0 saturated heterocycles. The minimum Gasteiger partial charge on any atom is -0.466 e. The summed E-state index contributed by atoms with van der Waals surface area (Å²) in [6, 6.07) is 25.0. The lowest BCUT2D eigenvalue weighted by atomic mass is 10.1. The van der Waals surface area contributed by atoms with Crippen LogP contribution in [0.15, 0.2) is 101 Å². The summed E-state index contributed by atoms with van der Waals surface area (Å²) >= 11 is 2.60. The molecule has 226 valence electrons. The van der Waals surface area contributed by atoms with E-state index in [4.69, 9.17) is 4.74 Å². The van der Waals surface area contributed by atoms with E-state index in [2.05, 4.69) is 20.9 Å². The number of esters is 1. The molecule has 0 radical (unpaired) electrons. The highest BCUT2D eigenvalue weighted by Gasteiger charge is 2.21. The summed E-state index contributed by atoms with van der Waals surface area (Å²) in [4.78, 5) is 56.1. The van der Waals surface area contributed by atoms with Gasteiger partial charge in [-0.2, -0.15) is 0 Å². The molecule has 1 heterocycles. The van der Waals surface area contributed by atoms with E-state index in [9.17, 15) is 19.2 Å². The van der Waals surface area contributed by atoms with E-state index in [-0.39, 0.29) is 24.0 Å². The summed E-state index contributed by atoms with van der Waals surface area (Å²) in [6.07, 6.45) is 2.20. The van der Waals surface area contributed by atoms with Crippen molar-refractivity contribution in [2.75, 3.05) is 17.2 Å². The Hall–Kier alpha value is -4.74. The van der Waals surface area contributed by atoms with Crippen LogP contribution in [0.25, 0.3) is 6.08 Å². The van der Waals surface area contributed by atoms with Gasteiger partial charge in [0.25, 0.3) is 11.8 Å². The topological polar surface area (TPSA) is 126 Å². The Balaban J connectivity index is 1.43. The van der Waals surface area contributed by atoms with Crippen LogP contribution >= 0.6 is 23.1 Å². The number of carbonyl (C=O) groups is 4. The average Bonchev–Trinajstić information content (AvgIpc) is 3.46. The molecule has 0 bridgehead atoms. The van der Waals surface area contributed by atoms with Gasteiger partial charge in [-0.05, 0) is 55.3 Å². The molecule has 1 aromatic heterocycles. The fraction of sp³-hybridized carbons (Fsp3) is 0.182. The number of anilines is 2. The molecule has 3 aromatic carbocycles. The van der Waals surface area contributed by atoms with Crippen LogP contribution in [-0.2, 0) is 25.5 Å². The first kappa shape index (κ1) is 32.2. The molecule has 0 aliphatic heterocycles. The van der Waals surface area contributed by atoms with Crippen LogP contribution in [0.4, 0.5) is 10.8 Å². The van der Waals surface area contributed by atoms with Gasteiger partial charge < -0.3 is 20.7 Å². The molecular weight excluding hydrogens is 597 g/mol. The number of benzene rings is 3. The maximum atomic E-state index is 13.4. The zero-order valence-electron chi connectivity index (χ0n) is 24.2. The first-order valence-electron chi connectivity index (χ1n) is 14.0. The van der Waals surface area contributed by atoms with Gasteiger partial charge >= 0.3 is 5.97 Å². The van der Waals surface area contributed by atoms with Gasteiger partial charge in [0.1, 0.15) is 5.70 Å². The van der Waals surface area contributed by atoms with E-state index in [0.717, 1.165) is 10.5 Å². The molecule has 3 amide bonds. The highest BCUT2D eigenvalue weighted by molar-refractivity contribution is 8.00. The van der Waals surface area contributed by atoms with Crippen molar-refractivity contribution < 1.29 is 23.9 Å². The van der Waals surface area contributed by atoms with Crippen LogP contribution in [0.1, 0.15) is 41.9 Å². The van der Waals surface area contributed by atoms with Crippen molar-refractivity contribution in [1.29, 1.82) is 0 Å². The van der Waals surface area contributed by atoms with Crippen LogP contribution in [-0.4, -0.2) is 40.5 Å². The smallest absolute Gasteiger partial charge is 0.311 e. The van der Waals surface area contributed by atoms with Gasteiger partial charge in [-0.1, -0.05) is 61.5 Å². The molecule has 1 unspecified atom stereocenters. The molecule has 4 aromatic rings. The van der Waals surface area contributed by atoms with Crippen molar-refractivity contribution in [2.45, 2.75) is 36.8 Å². The van der Waals surface area contributed by atoms with E-state index in [1.807, 2.05) is 49.4 Å². The average molecular weight is 629 g/mol. The van der Waals surface area contributed by atoms with E-state index >= 15 is 0 Å². The quantitative estimate of drug-likeness (QED) is 0.0919. The number of aromatic nitrogens is 1. The highest BCUT2D eigenvalue weighted by atomic mass is 32.2. The molecule has 0 aliphatic carbocycles. The highest BCUT2D eigenvalue weighted by Crippen LogP contribution is 2.29. The molecule has 4 rings (SSSR count). The van der Waals surface area contributed by atoms with Crippen molar-refractivity contribution >= 4 is 63.7 Å². The molecule has 44 heavy (non-hydrogen) atoms. The molecule has 0 fully saturated rings. The van der Waals surface area contributed by atoms with Gasteiger partial charge in [0.15, 0.2) is 5.13 Å². The first-order chi connectivity index (χ1) is 21.3. The Labute approximate surface area is 264 Å². The number of rotatable bonds is 13. The predicted molar refractivity (Wildman–Crippen MR) is 174 cm³/mol. The van der Waals surface area contributed by atoms with Crippen molar-refractivity contribution in [3.05, 3.63) is 113 Å². The Kier molecular flexibility index (Phi) is 11.8. The summed E-state index contributed by atoms with van der Waals surface area (Å²) < 4.78 is 4.95. The minimum absolute atomic E-state index is 0.0445. The lowest BCUT2D eigenvalue weighted by Crippen LogP contribution is -2.30. The number of ether oxygens (including phenoxy) is 1. The Morgan fingerprint density at radius 1 is 0.932 bits per heavy atom. The summed E-state index contributed by atoms with van der Waals surface area (Å²) in [7, 11) is 0. The molecule has 0 saturated carbocycles. The number of nitrogens with zero attached hydrogens (tertiary/aromatic N) is 1. The number of carbonyl (C=O) groups excluding carboxylic acids is 4. The number of hydrogen-bond donors (Lipinski definition) is 3. The van der Waals surface area contributed by atoms with Gasteiger partial charge in [0.2, 0.25) is 5.91 Å². The van der Waals surface area contributed by atoms with Crippen LogP contribution in [0.2, 0.25) is 0 Å². The number of thioether (sulfide) groups is 1. The third-order valence-electron chi connectivity index (χ3n) is 6.09. The Morgan fingerprint density at radius 2 is 1.66 bits per heavy atom. The summed E-state index contributed by atoms with van der Waals surface area (Å²) in [5.41, 5.74) is 2.30. The summed E-state index contributed by atoms with van der Waals surface area (Å²) in [5.74, 6) is -1.49. The Bertz CT molecular complexity index is 1620. The van der Waals surface area contributed by atoms with Gasteiger partial charge in [-0.25, -0.2) is 4.98 Å². The number of nitrogens with one attached hydrogen (secondary N) is 3. The van der Waals surface area contributed by atoms with Gasteiger partial charge in [-0.15, -0.1) is 23.1 Å². The molecule has 11 heteroatoms. The summed E-state index contributed by atoms with van der Waals surface area (Å²) in [5, 5.41) is 10.1. The van der Waals surface area contributed by atoms with E-state index in [1.165, 1.54) is 23.1 Å². The maximum Gasteiger partial charge on any atom is 0.311 e. The third-order valence-corrected chi connectivity index (χ3v) is 8.25. The van der Waals surface area contributed by atoms with Crippen LogP contribution in [0.5, 0.6) is 0 Å². The van der Waals surface area contributed by atoms with E-state index in [1.54, 1.807) is 60.8 Å². The second-order valence-electron chi connectivity index (χ2n) is 9.40. The Morgan fingerprint density at radius 3 is 2.36 bits per heavy atom. The lowest BCUT2D eigenvalue weighted by Gasteiger charge is -2.15. The van der Waals surface area contributed by atoms with Crippen LogP contribution < -0.4 is 16.0 Å². The molecule has 0 spiro atoms. The predicted octanol–water partition coefficient (Wildman–Crippen LogP) is 6.17. The molecule has 3 N–H and O–H groups in total. The largest absolute Gasteiger partial charge is 0.466 e. The van der Waals surface area contributed by atoms with E-state index in [0.29, 0.717) is 35.1 Å². The molecule has 0 aliphatic rings. The standard InChI is InChI=1S/C33H32N4O5S2/c1-3-28(32(41)37-33-35-25(21-43-33)20-29(38)42-4-2)44-26-17-11-16-24(19-26)34-31(40)27(18-22-12-7-5-8-13-22)36-30(39)23-14-9-6-10-15-23/h5-19,21,28H,3-4,20H2,1-2H3,(H,34,40)(H,36,39)(H,35,37,41)/b27-18-. The van der Waals surface area contributed by atoms with Crippen molar-refractivity contribution in [2.24, 2.45) is 0 Å². The van der Waals surface area contributed by atoms with Crippen molar-refractivity contribution in [1.82, 2.24) is 10.3 Å². The number of thiazole rings is 1. The SMILES string of the molecule is CCOC(=O)Cc1csc(NC(=O)C(CC)Sc2cccc(NC(=O)/C(=C/c3ccccc3)NC(=O)c3ccccc3)c2)n1. The maximum absolute atomic E-state index is 13.4. The minimum atomic E-state index is -0.493. The second kappa shape index (κ2) is 16.2. The normalized spacial score (nSPS) is 11.7.